The van der Waals surface area contributed by atoms with E-state index in [9.17, 15) is 14.4 Å². The first kappa shape index (κ1) is 15.8. The molecule has 118 valence electrons. The molecule has 2 rings (SSSR count). The molecule has 0 radical (unpaired) electrons. The van der Waals surface area contributed by atoms with Crippen LogP contribution in [0.2, 0.25) is 0 Å². The molecular weight excluding hydrogens is 292 g/mol. The molecule has 1 atom stereocenters. The van der Waals surface area contributed by atoms with Gasteiger partial charge in [-0.25, -0.2) is 4.79 Å². The van der Waals surface area contributed by atoms with E-state index in [1.807, 2.05) is 0 Å². The maximum atomic E-state index is 12.1. The van der Waals surface area contributed by atoms with E-state index in [-0.39, 0.29) is 24.7 Å². The smallest absolute Gasteiger partial charge is 0.354 e. The minimum absolute atomic E-state index is 0.0626. The second kappa shape index (κ2) is 6.93. The third-order valence-corrected chi connectivity index (χ3v) is 2.93. The van der Waals surface area contributed by atoms with Gasteiger partial charge < -0.3 is 18.9 Å². The van der Waals surface area contributed by atoms with Crippen molar-refractivity contribution in [3.63, 3.8) is 0 Å². The number of fused-ring (bicyclic) bond motifs is 1. The number of rotatable bonds is 5. The quantitative estimate of drug-likeness (QED) is 0.457. The number of para-hydroxylation sites is 2. The molecule has 22 heavy (non-hydrogen) atoms. The number of ether oxygens (including phenoxy) is 4. The standard InChI is InChI=1S/C15H16O7/c1-3-19-13(16)11(14(17)20-4-2)12-15(18)22-10-8-6-5-7-9(10)21-12/h5-8,11-12H,3-4H2,1-2H3. The average Bonchev–Trinajstić information content (AvgIpc) is 2.48. The fraction of sp³-hybridized carbons (Fsp3) is 0.400. The molecule has 0 saturated carbocycles. The molecule has 0 amide bonds. The van der Waals surface area contributed by atoms with Crippen molar-refractivity contribution in [3.8, 4) is 11.5 Å². The Bertz CT molecular complexity index is 563. The lowest BCUT2D eigenvalue weighted by atomic mass is 10.0. The highest BCUT2D eigenvalue weighted by Crippen LogP contribution is 2.33. The van der Waals surface area contributed by atoms with Crippen LogP contribution in [0.3, 0.4) is 0 Å². The van der Waals surface area contributed by atoms with Crippen LogP contribution in [0, 0.1) is 5.92 Å². The van der Waals surface area contributed by atoms with Gasteiger partial charge in [-0.1, -0.05) is 12.1 Å². The molecule has 1 aromatic rings. The van der Waals surface area contributed by atoms with Gasteiger partial charge in [-0.2, -0.15) is 0 Å². The van der Waals surface area contributed by atoms with Gasteiger partial charge in [0.1, 0.15) is 0 Å². The molecule has 1 aliphatic rings. The molecule has 0 saturated heterocycles. The van der Waals surface area contributed by atoms with Gasteiger partial charge in [-0.3, -0.25) is 9.59 Å². The van der Waals surface area contributed by atoms with Crippen LogP contribution in [-0.2, 0) is 23.9 Å². The maximum absolute atomic E-state index is 12.1. The summed E-state index contributed by atoms with van der Waals surface area (Å²) in [5.41, 5.74) is 0. The summed E-state index contributed by atoms with van der Waals surface area (Å²) in [7, 11) is 0. The van der Waals surface area contributed by atoms with Crippen LogP contribution < -0.4 is 9.47 Å². The zero-order valence-corrected chi connectivity index (χ0v) is 12.2. The lowest BCUT2D eigenvalue weighted by Crippen LogP contribution is -2.48. The molecular formula is C15H16O7. The number of hydrogen-bond donors (Lipinski definition) is 0. The van der Waals surface area contributed by atoms with Crippen molar-refractivity contribution in [1.82, 2.24) is 0 Å². The van der Waals surface area contributed by atoms with Crippen molar-refractivity contribution in [2.45, 2.75) is 20.0 Å². The van der Waals surface area contributed by atoms with Gasteiger partial charge in [-0.15, -0.1) is 0 Å². The van der Waals surface area contributed by atoms with Crippen molar-refractivity contribution in [3.05, 3.63) is 24.3 Å². The van der Waals surface area contributed by atoms with E-state index in [4.69, 9.17) is 18.9 Å². The number of hydrogen-bond acceptors (Lipinski definition) is 7. The molecule has 0 aromatic heterocycles. The van der Waals surface area contributed by atoms with E-state index < -0.39 is 29.9 Å². The van der Waals surface area contributed by atoms with Gasteiger partial charge in [0, 0.05) is 0 Å². The van der Waals surface area contributed by atoms with E-state index in [1.165, 1.54) is 0 Å². The van der Waals surface area contributed by atoms with E-state index in [2.05, 4.69) is 0 Å². The van der Waals surface area contributed by atoms with Crippen LogP contribution in [0.25, 0.3) is 0 Å². The predicted octanol–water partition coefficient (Wildman–Crippen LogP) is 1.10. The summed E-state index contributed by atoms with van der Waals surface area (Å²) < 4.78 is 20.2. The molecule has 0 bridgehead atoms. The molecule has 1 heterocycles. The third kappa shape index (κ3) is 3.19. The zero-order valence-electron chi connectivity index (χ0n) is 12.2. The molecule has 0 N–H and O–H groups in total. The topological polar surface area (TPSA) is 88.1 Å². The molecule has 0 fully saturated rings. The van der Waals surface area contributed by atoms with Crippen LogP contribution in [0.1, 0.15) is 13.8 Å². The Morgan fingerprint density at radius 3 is 2.18 bits per heavy atom. The van der Waals surface area contributed by atoms with Crippen LogP contribution in [-0.4, -0.2) is 37.2 Å². The summed E-state index contributed by atoms with van der Waals surface area (Å²) in [5.74, 6) is -3.64. The second-order valence-corrected chi connectivity index (χ2v) is 4.39. The zero-order chi connectivity index (χ0) is 16.1. The van der Waals surface area contributed by atoms with Crippen molar-refractivity contribution in [2.24, 2.45) is 5.92 Å². The van der Waals surface area contributed by atoms with Crippen LogP contribution >= 0.6 is 0 Å². The Balaban J connectivity index is 2.29. The first-order chi connectivity index (χ1) is 10.6. The largest absolute Gasteiger partial charge is 0.473 e. The van der Waals surface area contributed by atoms with E-state index in [0.717, 1.165) is 0 Å². The van der Waals surface area contributed by atoms with Gasteiger partial charge in [0.2, 0.25) is 12.0 Å². The first-order valence-corrected chi connectivity index (χ1v) is 6.89. The number of carbonyl (C=O) groups is 3. The minimum Gasteiger partial charge on any atom is -0.473 e. The molecule has 1 aromatic carbocycles. The molecule has 1 unspecified atom stereocenters. The molecule has 7 heteroatoms. The lowest BCUT2D eigenvalue weighted by molar-refractivity contribution is -0.173. The fourth-order valence-electron chi connectivity index (χ4n) is 1.99. The molecule has 0 aliphatic carbocycles. The Morgan fingerprint density at radius 2 is 1.64 bits per heavy atom. The summed E-state index contributed by atoms with van der Waals surface area (Å²) in [6, 6.07) is 6.47. The number of carbonyl (C=O) groups excluding carboxylic acids is 3. The first-order valence-electron chi connectivity index (χ1n) is 6.89. The fourth-order valence-corrected chi connectivity index (χ4v) is 1.99. The Hall–Kier alpha value is -2.57. The Kier molecular flexibility index (Phi) is 4.98. The van der Waals surface area contributed by atoms with Gasteiger partial charge in [0.15, 0.2) is 11.5 Å². The minimum atomic E-state index is -1.53. The molecule has 7 nitrogen and oxygen atoms in total. The van der Waals surface area contributed by atoms with Crippen molar-refractivity contribution < 1.29 is 33.3 Å². The summed E-state index contributed by atoms with van der Waals surface area (Å²) in [4.78, 5) is 36.1. The van der Waals surface area contributed by atoms with Crippen LogP contribution in [0.15, 0.2) is 24.3 Å². The lowest BCUT2D eigenvalue weighted by Gasteiger charge is -2.28. The SMILES string of the molecule is CCOC(=O)C(C(=O)OCC)C1Oc2ccccc2OC1=O. The molecule has 0 spiro atoms. The number of benzene rings is 1. The van der Waals surface area contributed by atoms with Crippen LogP contribution in [0.4, 0.5) is 0 Å². The van der Waals surface area contributed by atoms with E-state index in [0.29, 0.717) is 0 Å². The summed E-state index contributed by atoms with van der Waals surface area (Å²) in [5, 5.41) is 0. The highest BCUT2D eigenvalue weighted by molar-refractivity contribution is 6.01. The number of esters is 3. The highest BCUT2D eigenvalue weighted by Gasteiger charge is 2.47. The summed E-state index contributed by atoms with van der Waals surface area (Å²) in [6.45, 7) is 3.31. The predicted molar refractivity (Wildman–Crippen MR) is 73.2 cm³/mol. The normalized spacial score (nSPS) is 16.3. The second-order valence-electron chi connectivity index (χ2n) is 4.39. The Labute approximate surface area is 127 Å². The highest BCUT2D eigenvalue weighted by atomic mass is 16.6. The summed E-state index contributed by atoms with van der Waals surface area (Å²) >= 11 is 0. The van der Waals surface area contributed by atoms with Crippen molar-refractivity contribution >= 4 is 17.9 Å². The Morgan fingerprint density at radius 1 is 1.09 bits per heavy atom. The van der Waals surface area contributed by atoms with Gasteiger partial charge in [0.25, 0.3) is 0 Å². The van der Waals surface area contributed by atoms with Gasteiger partial charge >= 0.3 is 17.9 Å². The third-order valence-electron chi connectivity index (χ3n) is 2.93. The summed E-state index contributed by atoms with van der Waals surface area (Å²) in [6.07, 6.45) is -1.44. The van der Waals surface area contributed by atoms with Crippen molar-refractivity contribution in [1.29, 1.82) is 0 Å². The molecule has 1 aliphatic heterocycles. The van der Waals surface area contributed by atoms with Crippen molar-refractivity contribution in [2.75, 3.05) is 13.2 Å². The van der Waals surface area contributed by atoms with Crippen LogP contribution in [0.5, 0.6) is 11.5 Å². The van der Waals surface area contributed by atoms with Gasteiger partial charge in [0.05, 0.1) is 13.2 Å². The van der Waals surface area contributed by atoms with Gasteiger partial charge in [-0.05, 0) is 26.0 Å². The average molecular weight is 308 g/mol. The van der Waals surface area contributed by atoms with E-state index >= 15 is 0 Å². The van der Waals surface area contributed by atoms with E-state index in [1.54, 1.807) is 38.1 Å². The monoisotopic (exact) mass is 308 g/mol. The maximum Gasteiger partial charge on any atom is 0.354 e.